The van der Waals surface area contributed by atoms with Crippen molar-refractivity contribution in [2.24, 2.45) is 5.73 Å². The molecule has 0 aliphatic carbocycles. The molecule has 0 saturated heterocycles. The Labute approximate surface area is 119 Å². The second kappa shape index (κ2) is 6.40. The lowest BCUT2D eigenvalue weighted by Crippen LogP contribution is -2.15. The molecule has 2 rings (SSSR count). The smallest absolute Gasteiger partial charge is 0.360 e. The van der Waals surface area contributed by atoms with E-state index in [0.717, 1.165) is 6.07 Å². The molecular formula is C13H14F2N4O2. The molecule has 1 aromatic heterocycles. The van der Waals surface area contributed by atoms with Gasteiger partial charge in [0, 0.05) is 12.1 Å². The van der Waals surface area contributed by atoms with Gasteiger partial charge in [-0.05, 0) is 13.0 Å². The van der Waals surface area contributed by atoms with Crippen LogP contribution >= 0.6 is 0 Å². The number of carbonyl (C=O) groups is 1. The molecule has 1 heterocycles. The number of hydrogen-bond donors (Lipinski definition) is 1. The molecule has 0 atom stereocenters. The van der Waals surface area contributed by atoms with Crippen LogP contribution in [-0.2, 0) is 17.8 Å². The van der Waals surface area contributed by atoms with Crippen molar-refractivity contribution in [2.75, 3.05) is 6.61 Å². The summed E-state index contributed by atoms with van der Waals surface area (Å²) in [7, 11) is 0. The standard InChI is InChI=1S/C13H14F2N4O2/c1-2-21-13(20)12-10(6-16)19(18-17-12)7-8-4-3-5-9(14)11(8)15/h3-5H,2,6-7,16H2,1H3. The molecule has 0 spiro atoms. The van der Waals surface area contributed by atoms with Crippen LogP contribution in [0.25, 0.3) is 0 Å². The maximum atomic E-state index is 13.6. The summed E-state index contributed by atoms with van der Waals surface area (Å²) in [5, 5.41) is 7.45. The zero-order valence-corrected chi connectivity index (χ0v) is 11.3. The van der Waals surface area contributed by atoms with Gasteiger partial charge in [-0.3, -0.25) is 0 Å². The van der Waals surface area contributed by atoms with Crippen LogP contribution in [0, 0.1) is 11.6 Å². The van der Waals surface area contributed by atoms with Crippen molar-refractivity contribution < 1.29 is 18.3 Å². The number of nitrogens with two attached hydrogens (primary N) is 1. The number of hydrogen-bond acceptors (Lipinski definition) is 5. The van der Waals surface area contributed by atoms with Gasteiger partial charge >= 0.3 is 5.97 Å². The minimum absolute atomic E-state index is 0.0174. The van der Waals surface area contributed by atoms with E-state index in [-0.39, 0.29) is 31.0 Å². The van der Waals surface area contributed by atoms with E-state index in [1.807, 2.05) is 0 Å². The Balaban J connectivity index is 2.33. The summed E-state index contributed by atoms with van der Waals surface area (Å²) in [6.45, 7) is 1.74. The van der Waals surface area contributed by atoms with Crippen molar-refractivity contribution >= 4 is 5.97 Å². The topological polar surface area (TPSA) is 83.0 Å². The van der Waals surface area contributed by atoms with Gasteiger partial charge in [-0.1, -0.05) is 17.3 Å². The van der Waals surface area contributed by atoms with Crippen molar-refractivity contribution in [3.63, 3.8) is 0 Å². The van der Waals surface area contributed by atoms with Crippen LogP contribution in [0.15, 0.2) is 18.2 Å². The number of ether oxygens (including phenoxy) is 1. The molecule has 0 unspecified atom stereocenters. The van der Waals surface area contributed by atoms with Gasteiger partial charge in [-0.15, -0.1) is 5.10 Å². The molecule has 8 heteroatoms. The number of esters is 1. The molecule has 0 aliphatic rings. The molecular weight excluding hydrogens is 282 g/mol. The van der Waals surface area contributed by atoms with Crippen LogP contribution in [0.1, 0.15) is 28.7 Å². The van der Waals surface area contributed by atoms with E-state index in [1.165, 1.54) is 16.8 Å². The molecule has 0 aliphatic heterocycles. The van der Waals surface area contributed by atoms with Crippen molar-refractivity contribution in [1.29, 1.82) is 0 Å². The van der Waals surface area contributed by atoms with E-state index in [2.05, 4.69) is 10.3 Å². The number of nitrogens with zero attached hydrogens (tertiary/aromatic N) is 3. The third-order valence-electron chi connectivity index (χ3n) is 2.85. The Morgan fingerprint density at radius 1 is 1.43 bits per heavy atom. The van der Waals surface area contributed by atoms with Gasteiger partial charge in [0.1, 0.15) is 0 Å². The third kappa shape index (κ3) is 3.05. The van der Waals surface area contributed by atoms with Gasteiger partial charge in [0.25, 0.3) is 0 Å². The van der Waals surface area contributed by atoms with Gasteiger partial charge in [-0.25, -0.2) is 18.3 Å². The highest BCUT2D eigenvalue weighted by Gasteiger charge is 2.20. The highest BCUT2D eigenvalue weighted by molar-refractivity contribution is 5.88. The minimum atomic E-state index is -0.964. The number of rotatable bonds is 5. The largest absolute Gasteiger partial charge is 0.461 e. The van der Waals surface area contributed by atoms with Crippen LogP contribution < -0.4 is 5.73 Å². The number of aromatic nitrogens is 3. The fourth-order valence-electron chi connectivity index (χ4n) is 1.85. The van der Waals surface area contributed by atoms with Gasteiger partial charge in [0.2, 0.25) is 0 Å². The predicted octanol–water partition coefficient (Wildman–Crippen LogP) is 1.24. The molecule has 6 nitrogen and oxygen atoms in total. The van der Waals surface area contributed by atoms with Crippen molar-refractivity contribution in [3.8, 4) is 0 Å². The maximum Gasteiger partial charge on any atom is 0.360 e. The second-order valence-electron chi connectivity index (χ2n) is 4.18. The molecule has 21 heavy (non-hydrogen) atoms. The number of halogens is 2. The van der Waals surface area contributed by atoms with E-state index >= 15 is 0 Å². The summed E-state index contributed by atoms with van der Waals surface area (Å²) in [6, 6.07) is 3.83. The average molecular weight is 296 g/mol. The molecule has 0 bridgehead atoms. The summed E-state index contributed by atoms with van der Waals surface area (Å²) < 4.78 is 32.9. The Bertz CT molecular complexity index is 658. The van der Waals surface area contributed by atoms with Crippen molar-refractivity contribution in [1.82, 2.24) is 15.0 Å². The normalized spacial score (nSPS) is 10.7. The van der Waals surface area contributed by atoms with E-state index in [1.54, 1.807) is 6.92 Å². The number of carbonyl (C=O) groups excluding carboxylic acids is 1. The van der Waals surface area contributed by atoms with E-state index in [9.17, 15) is 13.6 Å². The molecule has 0 saturated carbocycles. The summed E-state index contributed by atoms with van der Waals surface area (Å²) >= 11 is 0. The van der Waals surface area contributed by atoms with Crippen LogP contribution in [0.2, 0.25) is 0 Å². The van der Waals surface area contributed by atoms with Gasteiger partial charge < -0.3 is 10.5 Å². The lowest BCUT2D eigenvalue weighted by atomic mass is 10.2. The zero-order valence-electron chi connectivity index (χ0n) is 11.3. The minimum Gasteiger partial charge on any atom is -0.461 e. The highest BCUT2D eigenvalue weighted by Crippen LogP contribution is 2.15. The predicted molar refractivity (Wildman–Crippen MR) is 69.3 cm³/mol. The maximum absolute atomic E-state index is 13.6. The lowest BCUT2D eigenvalue weighted by molar-refractivity contribution is 0.0518. The van der Waals surface area contributed by atoms with Crippen LogP contribution in [-0.4, -0.2) is 27.6 Å². The zero-order chi connectivity index (χ0) is 15.4. The number of benzene rings is 1. The van der Waals surface area contributed by atoms with Gasteiger partial charge in [0.05, 0.1) is 18.8 Å². The van der Waals surface area contributed by atoms with E-state index in [4.69, 9.17) is 10.5 Å². The molecule has 112 valence electrons. The summed E-state index contributed by atoms with van der Waals surface area (Å²) in [4.78, 5) is 11.7. The fourth-order valence-corrected chi connectivity index (χ4v) is 1.85. The molecule has 1 aromatic carbocycles. The highest BCUT2D eigenvalue weighted by atomic mass is 19.2. The van der Waals surface area contributed by atoms with Crippen LogP contribution in [0.5, 0.6) is 0 Å². The van der Waals surface area contributed by atoms with Gasteiger partial charge in [-0.2, -0.15) is 0 Å². The molecule has 2 aromatic rings. The average Bonchev–Trinajstić information content (AvgIpc) is 2.87. The van der Waals surface area contributed by atoms with E-state index in [0.29, 0.717) is 5.69 Å². The quantitative estimate of drug-likeness (QED) is 0.839. The first-order valence-corrected chi connectivity index (χ1v) is 6.30. The summed E-state index contributed by atoms with van der Waals surface area (Å²) in [6.07, 6.45) is 0. The van der Waals surface area contributed by atoms with Gasteiger partial charge in [0.15, 0.2) is 17.3 Å². The van der Waals surface area contributed by atoms with Crippen molar-refractivity contribution in [3.05, 3.63) is 46.8 Å². The lowest BCUT2D eigenvalue weighted by Gasteiger charge is -2.07. The Hall–Kier alpha value is -2.35. The van der Waals surface area contributed by atoms with Crippen molar-refractivity contribution in [2.45, 2.75) is 20.0 Å². The summed E-state index contributed by atoms with van der Waals surface area (Å²) in [5.41, 5.74) is 5.95. The van der Waals surface area contributed by atoms with E-state index < -0.39 is 17.6 Å². The second-order valence-corrected chi connectivity index (χ2v) is 4.18. The Kier molecular flexibility index (Phi) is 4.59. The molecule has 0 amide bonds. The molecule has 0 fully saturated rings. The molecule has 0 radical (unpaired) electrons. The Morgan fingerprint density at radius 3 is 2.86 bits per heavy atom. The first-order valence-electron chi connectivity index (χ1n) is 6.30. The van der Waals surface area contributed by atoms with Crippen LogP contribution in [0.3, 0.4) is 0 Å². The summed E-state index contributed by atoms with van der Waals surface area (Å²) in [5.74, 6) is -2.56. The fraction of sp³-hybridized carbons (Fsp3) is 0.308. The monoisotopic (exact) mass is 296 g/mol. The third-order valence-corrected chi connectivity index (χ3v) is 2.85. The first-order chi connectivity index (χ1) is 10.1. The SMILES string of the molecule is CCOC(=O)c1nnn(Cc2cccc(F)c2F)c1CN. The first kappa shape index (κ1) is 15.0. The Morgan fingerprint density at radius 2 is 2.19 bits per heavy atom. The molecule has 2 N–H and O–H groups in total. The van der Waals surface area contributed by atoms with Crippen LogP contribution in [0.4, 0.5) is 8.78 Å².